The number of nitrogens with zero attached hydrogens (tertiary/aromatic N) is 1. The van der Waals surface area contributed by atoms with Crippen molar-refractivity contribution in [2.45, 2.75) is 44.3 Å². The molecule has 2 amide bonds. The number of carbonyl (C=O) groups excluding carboxylic acids is 2. The molecular weight excluding hydrogens is 232 g/mol. The lowest BCUT2D eigenvalue weighted by Gasteiger charge is -2.31. The average molecular weight is 252 g/mol. The second kappa shape index (κ2) is 4.97. The fourth-order valence-electron chi connectivity index (χ4n) is 3.16. The normalized spacial score (nSPS) is 36.2. The molecular formula is C13H20N2O3. The summed E-state index contributed by atoms with van der Waals surface area (Å²) in [5, 5.41) is 3.36. The van der Waals surface area contributed by atoms with Gasteiger partial charge in [0.1, 0.15) is 12.2 Å². The van der Waals surface area contributed by atoms with Gasteiger partial charge in [0, 0.05) is 6.54 Å². The zero-order chi connectivity index (χ0) is 12.5. The Balaban J connectivity index is 1.58. The minimum absolute atomic E-state index is 0.113. The van der Waals surface area contributed by atoms with Gasteiger partial charge in [-0.1, -0.05) is 0 Å². The number of morpholine rings is 1. The maximum absolute atomic E-state index is 12.0. The summed E-state index contributed by atoms with van der Waals surface area (Å²) < 4.78 is 5.39. The highest BCUT2D eigenvalue weighted by Gasteiger charge is 2.46. The van der Waals surface area contributed by atoms with E-state index >= 15 is 0 Å². The lowest BCUT2D eigenvalue weighted by Crippen LogP contribution is -2.52. The van der Waals surface area contributed by atoms with Crippen molar-refractivity contribution in [3.05, 3.63) is 0 Å². The number of piperidine rings is 1. The number of nitrogens with one attached hydrogen (secondary N) is 1. The minimum atomic E-state index is -0.350. The molecule has 3 heterocycles. The molecule has 1 N–H and O–H groups in total. The summed E-state index contributed by atoms with van der Waals surface area (Å²) in [5.74, 6) is 0.370. The van der Waals surface area contributed by atoms with Crippen LogP contribution >= 0.6 is 0 Å². The molecule has 2 bridgehead atoms. The fourth-order valence-corrected chi connectivity index (χ4v) is 3.16. The molecule has 3 unspecified atom stereocenters. The number of imide groups is 1. The van der Waals surface area contributed by atoms with Crippen molar-refractivity contribution in [2.75, 3.05) is 19.6 Å². The summed E-state index contributed by atoms with van der Waals surface area (Å²) in [6.45, 7) is 2.68. The van der Waals surface area contributed by atoms with Gasteiger partial charge < -0.3 is 10.1 Å². The predicted octanol–water partition coefficient (Wildman–Crippen LogP) is 0.293. The number of amides is 2. The van der Waals surface area contributed by atoms with Crippen molar-refractivity contribution in [2.24, 2.45) is 5.92 Å². The van der Waals surface area contributed by atoms with Crippen LogP contribution in [0.1, 0.15) is 32.1 Å². The van der Waals surface area contributed by atoms with Crippen molar-refractivity contribution < 1.29 is 14.3 Å². The quantitative estimate of drug-likeness (QED) is 0.734. The Bertz CT molecular complexity index is 330. The monoisotopic (exact) mass is 252 g/mol. The van der Waals surface area contributed by atoms with Gasteiger partial charge in [0.15, 0.2) is 0 Å². The molecule has 3 rings (SSSR count). The molecule has 0 spiro atoms. The standard InChI is InChI=1S/C13H20N2O3/c16-12-10-3-4-11(18-10)13(17)15(12)7-5-9-2-1-6-14-8-9/h9-11,14H,1-8H2. The Morgan fingerprint density at radius 1 is 1.17 bits per heavy atom. The second-order valence-electron chi connectivity index (χ2n) is 5.52. The molecule has 0 saturated carbocycles. The first-order valence-electron chi connectivity index (χ1n) is 6.97. The van der Waals surface area contributed by atoms with Crippen molar-refractivity contribution in [1.29, 1.82) is 0 Å². The SMILES string of the molecule is O=C1C2CCC(O2)C(=O)N1CCC1CCCNC1. The van der Waals surface area contributed by atoms with Crippen LogP contribution in [0.2, 0.25) is 0 Å². The highest BCUT2D eigenvalue weighted by atomic mass is 16.5. The van der Waals surface area contributed by atoms with Gasteiger partial charge in [-0.15, -0.1) is 0 Å². The van der Waals surface area contributed by atoms with Gasteiger partial charge in [-0.25, -0.2) is 0 Å². The maximum atomic E-state index is 12.0. The molecule has 0 aromatic rings. The third-order valence-electron chi connectivity index (χ3n) is 4.26. The zero-order valence-electron chi connectivity index (χ0n) is 10.6. The van der Waals surface area contributed by atoms with E-state index in [9.17, 15) is 9.59 Å². The summed E-state index contributed by atoms with van der Waals surface area (Å²) >= 11 is 0. The van der Waals surface area contributed by atoms with E-state index < -0.39 is 0 Å². The smallest absolute Gasteiger partial charge is 0.258 e. The maximum Gasteiger partial charge on any atom is 0.258 e. The second-order valence-corrected chi connectivity index (χ2v) is 5.52. The summed E-state index contributed by atoms with van der Waals surface area (Å²) in [4.78, 5) is 25.5. The van der Waals surface area contributed by atoms with E-state index in [4.69, 9.17) is 4.74 Å². The van der Waals surface area contributed by atoms with Crippen molar-refractivity contribution >= 4 is 11.8 Å². The van der Waals surface area contributed by atoms with Crippen LogP contribution in [0.15, 0.2) is 0 Å². The van der Waals surface area contributed by atoms with Crippen LogP contribution in [0.4, 0.5) is 0 Å². The van der Waals surface area contributed by atoms with Crippen molar-refractivity contribution in [3.8, 4) is 0 Å². The Hall–Kier alpha value is -0.940. The van der Waals surface area contributed by atoms with Gasteiger partial charge >= 0.3 is 0 Å². The highest BCUT2D eigenvalue weighted by molar-refractivity contribution is 6.02. The Morgan fingerprint density at radius 2 is 1.89 bits per heavy atom. The molecule has 0 radical (unpaired) electrons. The number of likely N-dealkylation sites (tertiary alicyclic amines) is 1. The van der Waals surface area contributed by atoms with Crippen LogP contribution in [0.3, 0.4) is 0 Å². The van der Waals surface area contributed by atoms with Gasteiger partial charge in [0.25, 0.3) is 11.8 Å². The molecule has 0 aliphatic carbocycles. The van der Waals surface area contributed by atoms with Crippen molar-refractivity contribution in [3.63, 3.8) is 0 Å². The number of carbonyl (C=O) groups is 2. The first-order chi connectivity index (χ1) is 8.75. The van der Waals surface area contributed by atoms with Crippen LogP contribution in [-0.2, 0) is 14.3 Å². The number of fused-ring (bicyclic) bond motifs is 2. The van der Waals surface area contributed by atoms with Crippen molar-refractivity contribution in [1.82, 2.24) is 10.2 Å². The van der Waals surface area contributed by atoms with E-state index in [0.29, 0.717) is 25.3 Å². The molecule has 18 heavy (non-hydrogen) atoms. The molecule has 3 aliphatic heterocycles. The fraction of sp³-hybridized carbons (Fsp3) is 0.846. The Labute approximate surface area is 107 Å². The first-order valence-corrected chi connectivity index (χ1v) is 6.97. The van der Waals surface area contributed by atoms with Gasteiger partial charge in [-0.2, -0.15) is 0 Å². The summed E-state index contributed by atoms with van der Waals surface area (Å²) in [6.07, 6.45) is 4.03. The van der Waals surface area contributed by atoms with E-state index in [1.54, 1.807) is 0 Å². The largest absolute Gasteiger partial charge is 0.355 e. The topological polar surface area (TPSA) is 58.6 Å². The molecule has 5 nitrogen and oxygen atoms in total. The molecule has 3 fully saturated rings. The molecule has 5 heteroatoms. The third kappa shape index (κ3) is 2.17. The van der Waals surface area contributed by atoms with E-state index in [1.165, 1.54) is 17.7 Å². The molecule has 3 atom stereocenters. The first kappa shape index (κ1) is 12.1. The van der Waals surface area contributed by atoms with Crippen LogP contribution in [-0.4, -0.2) is 48.6 Å². The van der Waals surface area contributed by atoms with Crippen LogP contribution in [0, 0.1) is 5.92 Å². The van der Waals surface area contributed by atoms with Gasteiger partial charge in [0.05, 0.1) is 0 Å². The van der Waals surface area contributed by atoms with Crippen LogP contribution in [0.25, 0.3) is 0 Å². The summed E-state index contributed by atoms with van der Waals surface area (Å²) in [7, 11) is 0. The average Bonchev–Trinajstić information content (AvgIpc) is 2.85. The lowest BCUT2D eigenvalue weighted by atomic mass is 9.96. The van der Waals surface area contributed by atoms with E-state index in [-0.39, 0.29) is 24.0 Å². The lowest BCUT2D eigenvalue weighted by molar-refractivity contribution is -0.168. The minimum Gasteiger partial charge on any atom is -0.355 e. The molecule has 0 aromatic carbocycles. The number of ether oxygens (including phenoxy) is 1. The van der Waals surface area contributed by atoms with E-state index in [0.717, 1.165) is 19.5 Å². The zero-order valence-corrected chi connectivity index (χ0v) is 10.6. The molecule has 100 valence electrons. The summed E-state index contributed by atoms with van der Waals surface area (Å²) in [5.41, 5.74) is 0. The number of hydrogen-bond donors (Lipinski definition) is 1. The van der Waals surface area contributed by atoms with Gasteiger partial charge in [-0.3, -0.25) is 14.5 Å². The number of rotatable bonds is 3. The van der Waals surface area contributed by atoms with Crippen LogP contribution in [0.5, 0.6) is 0 Å². The number of hydrogen-bond acceptors (Lipinski definition) is 4. The van der Waals surface area contributed by atoms with Gasteiger partial charge in [-0.05, 0) is 51.1 Å². The van der Waals surface area contributed by atoms with Crippen LogP contribution < -0.4 is 5.32 Å². The highest BCUT2D eigenvalue weighted by Crippen LogP contribution is 2.29. The molecule has 3 aliphatic rings. The predicted molar refractivity (Wildman–Crippen MR) is 64.8 cm³/mol. The molecule has 0 aromatic heterocycles. The molecule has 3 saturated heterocycles. The summed E-state index contributed by atoms with van der Waals surface area (Å²) in [6, 6.07) is 0. The van der Waals surface area contributed by atoms with Gasteiger partial charge in [0.2, 0.25) is 0 Å². The third-order valence-corrected chi connectivity index (χ3v) is 4.26. The Kier molecular flexibility index (Phi) is 3.35. The van der Waals surface area contributed by atoms with E-state index in [1.807, 2.05) is 0 Å². The van der Waals surface area contributed by atoms with E-state index in [2.05, 4.69) is 5.32 Å². The Morgan fingerprint density at radius 3 is 2.50 bits per heavy atom.